The molecule has 0 aliphatic heterocycles. The summed E-state index contributed by atoms with van der Waals surface area (Å²) < 4.78 is 14.0. The highest BCUT2D eigenvalue weighted by Crippen LogP contribution is 2.32. The topological polar surface area (TPSA) is 51.3 Å². The number of thiazole rings is 1. The highest BCUT2D eigenvalue weighted by molar-refractivity contribution is 7.21. The zero-order chi connectivity index (χ0) is 14.1. The van der Waals surface area contributed by atoms with Crippen molar-refractivity contribution in [3.05, 3.63) is 48.3 Å². The summed E-state index contributed by atoms with van der Waals surface area (Å²) in [6, 6.07) is 12.1. The molecule has 0 saturated carbocycles. The first-order valence-corrected chi connectivity index (χ1v) is 6.91. The van der Waals surface area contributed by atoms with Crippen LogP contribution in [0, 0.1) is 5.82 Å². The van der Waals surface area contributed by atoms with E-state index in [4.69, 9.17) is 5.73 Å². The van der Waals surface area contributed by atoms with Crippen LogP contribution in [0.25, 0.3) is 20.8 Å². The summed E-state index contributed by atoms with van der Waals surface area (Å²) in [6.45, 7) is 1.75. The minimum Gasteiger partial charge on any atom is -0.387 e. The SMILES string of the molecule is CC(N)=Nc1ccc2sc(-c3ccc(F)cc3)nc2c1. The second kappa shape index (κ2) is 5.02. The summed E-state index contributed by atoms with van der Waals surface area (Å²) in [5, 5.41) is 0.866. The largest absolute Gasteiger partial charge is 0.387 e. The molecule has 0 unspecified atom stereocenters. The Kier molecular flexibility index (Phi) is 3.20. The minimum atomic E-state index is -0.245. The number of amidine groups is 1. The van der Waals surface area contributed by atoms with Gasteiger partial charge in [0, 0.05) is 5.56 Å². The van der Waals surface area contributed by atoms with E-state index in [0.717, 1.165) is 26.5 Å². The van der Waals surface area contributed by atoms with Gasteiger partial charge in [0.25, 0.3) is 0 Å². The van der Waals surface area contributed by atoms with Gasteiger partial charge in [0.1, 0.15) is 10.8 Å². The van der Waals surface area contributed by atoms with Gasteiger partial charge < -0.3 is 5.73 Å². The molecule has 2 N–H and O–H groups in total. The van der Waals surface area contributed by atoms with Crippen molar-refractivity contribution in [1.82, 2.24) is 4.98 Å². The summed E-state index contributed by atoms with van der Waals surface area (Å²) in [7, 11) is 0. The predicted octanol–water partition coefficient (Wildman–Crippen LogP) is 4.11. The molecule has 0 radical (unpaired) electrons. The molecule has 20 heavy (non-hydrogen) atoms. The van der Waals surface area contributed by atoms with Gasteiger partial charge in [0.05, 0.1) is 21.7 Å². The number of nitrogens with two attached hydrogens (primary N) is 1. The number of fused-ring (bicyclic) bond motifs is 1. The highest BCUT2D eigenvalue weighted by Gasteiger charge is 2.07. The lowest BCUT2D eigenvalue weighted by atomic mass is 10.2. The van der Waals surface area contributed by atoms with Crippen molar-refractivity contribution >= 4 is 33.1 Å². The Labute approximate surface area is 119 Å². The summed E-state index contributed by atoms with van der Waals surface area (Å²) >= 11 is 1.57. The molecular weight excluding hydrogens is 273 g/mol. The van der Waals surface area contributed by atoms with Crippen molar-refractivity contribution in [1.29, 1.82) is 0 Å². The Morgan fingerprint density at radius 1 is 1.20 bits per heavy atom. The van der Waals surface area contributed by atoms with Crippen LogP contribution in [0.5, 0.6) is 0 Å². The molecule has 1 heterocycles. The van der Waals surface area contributed by atoms with Crippen molar-refractivity contribution < 1.29 is 4.39 Å². The lowest BCUT2D eigenvalue weighted by Gasteiger charge is -1.94. The van der Waals surface area contributed by atoms with Crippen LogP contribution >= 0.6 is 11.3 Å². The summed E-state index contributed by atoms with van der Waals surface area (Å²) in [5.74, 6) is 0.267. The van der Waals surface area contributed by atoms with Crippen LogP contribution in [0.4, 0.5) is 10.1 Å². The average molecular weight is 285 g/mol. The second-order valence-corrected chi connectivity index (χ2v) is 5.46. The number of benzene rings is 2. The van der Waals surface area contributed by atoms with E-state index < -0.39 is 0 Å². The first kappa shape index (κ1) is 12.7. The molecule has 3 rings (SSSR count). The van der Waals surface area contributed by atoms with Crippen LogP contribution in [0.15, 0.2) is 47.5 Å². The minimum absolute atomic E-state index is 0.245. The van der Waals surface area contributed by atoms with Crippen molar-refractivity contribution in [3.8, 4) is 10.6 Å². The number of aliphatic imine (C=N–C) groups is 1. The molecule has 0 saturated heterocycles. The quantitative estimate of drug-likeness (QED) is 0.569. The lowest BCUT2D eigenvalue weighted by molar-refractivity contribution is 0.628. The van der Waals surface area contributed by atoms with E-state index >= 15 is 0 Å². The molecule has 0 atom stereocenters. The number of halogens is 1. The molecule has 3 nitrogen and oxygen atoms in total. The predicted molar refractivity (Wildman–Crippen MR) is 82.0 cm³/mol. The van der Waals surface area contributed by atoms with E-state index in [1.807, 2.05) is 18.2 Å². The van der Waals surface area contributed by atoms with Crippen LogP contribution in [-0.4, -0.2) is 10.8 Å². The van der Waals surface area contributed by atoms with Crippen LogP contribution in [0.3, 0.4) is 0 Å². The fourth-order valence-corrected chi connectivity index (χ4v) is 2.86. The number of rotatable bonds is 2. The van der Waals surface area contributed by atoms with E-state index in [2.05, 4.69) is 9.98 Å². The maximum atomic E-state index is 12.9. The lowest BCUT2D eigenvalue weighted by Crippen LogP contribution is -2.03. The molecule has 3 aromatic rings. The normalized spacial score (nSPS) is 12.0. The van der Waals surface area contributed by atoms with Gasteiger partial charge in [-0.05, 0) is 49.4 Å². The second-order valence-electron chi connectivity index (χ2n) is 4.43. The molecule has 1 aromatic heterocycles. The van der Waals surface area contributed by atoms with Crippen molar-refractivity contribution in [2.75, 3.05) is 0 Å². The molecule has 100 valence electrons. The van der Waals surface area contributed by atoms with Gasteiger partial charge >= 0.3 is 0 Å². The zero-order valence-corrected chi connectivity index (χ0v) is 11.6. The average Bonchev–Trinajstić information content (AvgIpc) is 2.81. The van der Waals surface area contributed by atoms with E-state index in [-0.39, 0.29) is 5.82 Å². The zero-order valence-electron chi connectivity index (χ0n) is 10.8. The van der Waals surface area contributed by atoms with Crippen molar-refractivity contribution in [3.63, 3.8) is 0 Å². The number of aromatic nitrogens is 1. The maximum Gasteiger partial charge on any atom is 0.124 e. The molecule has 2 aromatic carbocycles. The van der Waals surface area contributed by atoms with Gasteiger partial charge in [-0.3, -0.25) is 0 Å². The molecule has 0 aliphatic carbocycles. The maximum absolute atomic E-state index is 12.9. The van der Waals surface area contributed by atoms with Gasteiger partial charge in [-0.25, -0.2) is 14.4 Å². The van der Waals surface area contributed by atoms with Gasteiger partial charge in [0.15, 0.2) is 0 Å². The standard InChI is InChI=1S/C15H12FN3S/c1-9(17)18-12-6-7-14-13(8-12)19-15(20-14)10-2-4-11(16)5-3-10/h2-8H,1H3,(H2,17,18). The van der Waals surface area contributed by atoms with Crippen LogP contribution in [0.1, 0.15) is 6.92 Å². The van der Waals surface area contributed by atoms with Crippen LogP contribution in [-0.2, 0) is 0 Å². The first-order chi connectivity index (χ1) is 9.61. The first-order valence-electron chi connectivity index (χ1n) is 6.09. The van der Waals surface area contributed by atoms with E-state index in [0.29, 0.717) is 5.84 Å². The Morgan fingerprint density at radius 3 is 2.65 bits per heavy atom. The van der Waals surface area contributed by atoms with E-state index in [1.165, 1.54) is 12.1 Å². The van der Waals surface area contributed by atoms with E-state index in [9.17, 15) is 4.39 Å². The Hall–Kier alpha value is -2.27. The van der Waals surface area contributed by atoms with Crippen molar-refractivity contribution in [2.45, 2.75) is 6.92 Å². The molecule has 0 fully saturated rings. The molecule has 0 amide bonds. The number of hydrogen-bond donors (Lipinski definition) is 1. The Bertz CT molecular complexity index is 786. The number of nitrogens with zero attached hydrogens (tertiary/aromatic N) is 2. The molecule has 0 bridgehead atoms. The summed E-state index contributed by atoms with van der Waals surface area (Å²) in [4.78, 5) is 8.78. The number of hydrogen-bond acceptors (Lipinski definition) is 3. The third-order valence-electron chi connectivity index (χ3n) is 2.77. The third-order valence-corrected chi connectivity index (χ3v) is 3.85. The molecule has 0 spiro atoms. The molecule has 5 heteroatoms. The van der Waals surface area contributed by atoms with Crippen molar-refractivity contribution in [2.24, 2.45) is 10.7 Å². The van der Waals surface area contributed by atoms with E-state index in [1.54, 1.807) is 30.4 Å². The summed E-state index contributed by atoms with van der Waals surface area (Å²) in [5.41, 5.74) is 8.14. The fraction of sp³-hybridized carbons (Fsp3) is 0.0667. The van der Waals surface area contributed by atoms with Gasteiger partial charge in [-0.1, -0.05) is 0 Å². The third kappa shape index (κ3) is 2.53. The van der Waals surface area contributed by atoms with Gasteiger partial charge in [-0.2, -0.15) is 0 Å². The molecule has 0 aliphatic rings. The summed E-state index contributed by atoms with van der Waals surface area (Å²) in [6.07, 6.45) is 0. The van der Waals surface area contributed by atoms with Crippen LogP contribution < -0.4 is 5.73 Å². The monoisotopic (exact) mass is 285 g/mol. The molecular formula is C15H12FN3S. The Morgan fingerprint density at radius 2 is 1.95 bits per heavy atom. The Balaban J connectivity index is 2.06. The van der Waals surface area contributed by atoms with Gasteiger partial charge in [0.2, 0.25) is 0 Å². The fourth-order valence-electron chi connectivity index (χ4n) is 1.90. The van der Waals surface area contributed by atoms with Gasteiger partial charge in [-0.15, -0.1) is 11.3 Å². The highest BCUT2D eigenvalue weighted by atomic mass is 32.1. The smallest absolute Gasteiger partial charge is 0.124 e. The van der Waals surface area contributed by atoms with Crippen LogP contribution in [0.2, 0.25) is 0 Å².